The van der Waals surface area contributed by atoms with E-state index < -0.39 is 0 Å². The lowest BCUT2D eigenvalue weighted by Crippen LogP contribution is -2.35. The predicted octanol–water partition coefficient (Wildman–Crippen LogP) is 1.39. The van der Waals surface area contributed by atoms with Crippen LogP contribution in [0, 0.1) is 0 Å². The highest BCUT2D eigenvalue weighted by Crippen LogP contribution is 2.16. The molecule has 0 aliphatic rings. The van der Waals surface area contributed by atoms with Gasteiger partial charge in [-0.25, -0.2) is 4.98 Å². The van der Waals surface area contributed by atoms with Crippen molar-refractivity contribution in [2.75, 3.05) is 26.4 Å². The zero-order valence-corrected chi connectivity index (χ0v) is 11.7. The van der Waals surface area contributed by atoms with Crippen molar-refractivity contribution < 1.29 is 4.79 Å². The Kier molecular flexibility index (Phi) is 5.37. The third kappa shape index (κ3) is 4.50. The topological polar surface area (TPSA) is 71.2 Å². The molecule has 1 heterocycles. The molecule has 1 aromatic heterocycles. The first-order valence-corrected chi connectivity index (χ1v) is 6.14. The van der Waals surface area contributed by atoms with Crippen LogP contribution in [0.1, 0.15) is 23.7 Å². The number of aromatic nitrogens is 1. The van der Waals surface area contributed by atoms with Gasteiger partial charge in [-0.05, 0) is 40.1 Å². The highest BCUT2D eigenvalue weighted by Gasteiger charge is 2.14. The van der Waals surface area contributed by atoms with E-state index in [1.165, 1.54) is 12.3 Å². The maximum atomic E-state index is 12.0. The molecule has 100 valence electrons. The number of nitrogens with one attached hydrogen (secondary N) is 1. The molecule has 1 aromatic rings. The molecule has 1 amide bonds. The van der Waals surface area contributed by atoms with Crippen LogP contribution in [0.5, 0.6) is 0 Å². The Morgan fingerprint density at radius 2 is 2.28 bits per heavy atom. The minimum atomic E-state index is -0.222. The summed E-state index contributed by atoms with van der Waals surface area (Å²) in [6, 6.07) is 1.56. The van der Waals surface area contributed by atoms with Gasteiger partial charge < -0.3 is 16.0 Å². The first kappa shape index (κ1) is 14.7. The lowest BCUT2D eigenvalue weighted by Gasteiger charge is -2.17. The number of carbonyl (C=O) groups excluding carboxylic acids is 1. The summed E-state index contributed by atoms with van der Waals surface area (Å²) in [4.78, 5) is 17.9. The summed E-state index contributed by atoms with van der Waals surface area (Å²) >= 11 is 5.91. The number of rotatable bonds is 5. The molecule has 5 nitrogen and oxygen atoms in total. The maximum Gasteiger partial charge on any atom is 0.253 e. The SMILES string of the molecule is CC(CCN(C)C)NC(=O)c1cc(N)ncc1Cl. The van der Waals surface area contributed by atoms with Gasteiger partial charge in [-0.15, -0.1) is 0 Å². The molecular formula is C12H19ClN4O. The summed E-state index contributed by atoms with van der Waals surface area (Å²) in [5, 5.41) is 3.19. The molecule has 0 radical (unpaired) electrons. The molecule has 1 unspecified atom stereocenters. The zero-order valence-electron chi connectivity index (χ0n) is 10.9. The lowest BCUT2D eigenvalue weighted by molar-refractivity contribution is 0.0937. The van der Waals surface area contributed by atoms with Gasteiger partial charge in [-0.1, -0.05) is 11.6 Å². The average Bonchev–Trinajstić information content (AvgIpc) is 2.29. The molecule has 1 rings (SSSR count). The van der Waals surface area contributed by atoms with Gasteiger partial charge in [0, 0.05) is 12.2 Å². The van der Waals surface area contributed by atoms with Crippen molar-refractivity contribution in [2.24, 2.45) is 0 Å². The lowest BCUT2D eigenvalue weighted by atomic mass is 10.2. The van der Waals surface area contributed by atoms with Crippen molar-refractivity contribution in [3.63, 3.8) is 0 Å². The number of pyridine rings is 1. The summed E-state index contributed by atoms with van der Waals surface area (Å²) in [5.41, 5.74) is 5.90. The van der Waals surface area contributed by atoms with E-state index in [2.05, 4.69) is 15.2 Å². The third-order valence-electron chi connectivity index (χ3n) is 2.51. The van der Waals surface area contributed by atoms with Crippen LogP contribution < -0.4 is 11.1 Å². The van der Waals surface area contributed by atoms with E-state index in [1.54, 1.807) is 0 Å². The standard InChI is InChI=1S/C12H19ClN4O/c1-8(4-5-17(2)3)16-12(18)9-6-11(14)15-7-10(9)13/h6-8H,4-5H2,1-3H3,(H2,14,15)(H,16,18). The van der Waals surface area contributed by atoms with Crippen molar-refractivity contribution in [1.29, 1.82) is 0 Å². The molecule has 6 heteroatoms. The first-order chi connectivity index (χ1) is 8.40. The van der Waals surface area contributed by atoms with Crippen molar-refractivity contribution in [3.8, 4) is 0 Å². The van der Waals surface area contributed by atoms with Crippen LogP contribution in [0.3, 0.4) is 0 Å². The van der Waals surface area contributed by atoms with Gasteiger partial charge in [0.15, 0.2) is 0 Å². The molecule has 18 heavy (non-hydrogen) atoms. The fraction of sp³-hybridized carbons (Fsp3) is 0.500. The van der Waals surface area contributed by atoms with E-state index in [0.717, 1.165) is 13.0 Å². The van der Waals surface area contributed by atoms with Crippen LogP contribution in [0.25, 0.3) is 0 Å². The number of halogens is 1. The second-order valence-electron chi connectivity index (χ2n) is 4.56. The smallest absolute Gasteiger partial charge is 0.253 e. The molecule has 3 N–H and O–H groups in total. The molecule has 0 aliphatic heterocycles. The number of hydrogen-bond acceptors (Lipinski definition) is 4. The van der Waals surface area contributed by atoms with Gasteiger partial charge in [0.25, 0.3) is 5.91 Å². The Labute approximate surface area is 112 Å². The minimum Gasteiger partial charge on any atom is -0.384 e. The van der Waals surface area contributed by atoms with E-state index in [0.29, 0.717) is 10.6 Å². The minimum absolute atomic E-state index is 0.0744. The maximum absolute atomic E-state index is 12.0. The van der Waals surface area contributed by atoms with Gasteiger partial charge >= 0.3 is 0 Å². The highest BCUT2D eigenvalue weighted by molar-refractivity contribution is 6.33. The average molecular weight is 271 g/mol. The molecular weight excluding hydrogens is 252 g/mol. The van der Waals surface area contributed by atoms with Crippen LogP contribution in [0.15, 0.2) is 12.3 Å². The van der Waals surface area contributed by atoms with E-state index in [4.69, 9.17) is 17.3 Å². The van der Waals surface area contributed by atoms with Crippen molar-refractivity contribution >= 4 is 23.3 Å². The van der Waals surface area contributed by atoms with Crippen LogP contribution in [-0.2, 0) is 0 Å². The molecule has 0 bridgehead atoms. The molecule has 0 aliphatic carbocycles. The van der Waals surface area contributed by atoms with E-state index in [9.17, 15) is 4.79 Å². The molecule has 1 atom stereocenters. The van der Waals surface area contributed by atoms with Gasteiger partial charge in [-0.3, -0.25) is 4.79 Å². The van der Waals surface area contributed by atoms with Crippen molar-refractivity contribution in [1.82, 2.24) is 15.2 Å². The van der Waals surface area contributed by atoms with E-state index >= 15 is 0 Å². The summed E-state index contributed by atoms with van der Waals surface area (Å²) < 4.78 is 0. The predicted molar refractivity (Wildman–Crippen MR) is 73.8 cm³/mol. The monoisotopic (exact) mass is 270 g/mol. The molecule has 0 saturated carbocycles. The highest BCUT2D eigenvalue weighted by atomic mass is 35.5. The third-order valence-corrected chi connectivity index (χ3v) is 2.81. The second-order valence-corrected chi connectivity index (χ2v) is 4.96. The quantitative estimate of drug-likeness (QED) is 0.848. The van der Waals surface area contributed by atoms with Crippen LogP contribution in [0.2, 0.25) is 5.02 Å². The van der Waals surface area contributed by atoms with Gasteiger partial charge in [0.1, 0.15) is 5.82 Å². The largest absolute Gasteiger partial charge is 0.384 e. The Balaban J connectivity index is 2.62. The summed E-state index contributed by atoms with van der Waals surface area (Å²) in [5.74, 6) is 0.0610. The summed E-state index contributed by atoms with van der Waals surface area (Å²) in [7, 11) is 3.99. The van der Waals surface area contributed by atoms with Crippen LogP contribution in [-0.4, -0.2) is 42.5 Å². The Morgan fingerprint density at radius 3 is 2.89 bits per heavy atom. The molecule has 0 saturated heterocycles. The Hall–Kier alpha value is -1.33. The number of nitrogen functional groups attached to an aromatic ring is 1. The molecule has 0 spiro atoms. The molecule has 0 fully saturated rings. The zero-order chi connectivity index (χ0) is 13.7. The number of hydrogen-bond donors (Lipinski definition) is 2. The Morgan fingerprint density at radius 1 is 1.61 bits per heavy atom. The fourth-order valence-electron chi connectivity index (χ4n) is 1.45. The molecule has 0 aromatic carbocycles. The number of carbonyl (C=O) groups is 1. The second kappa shape index (κ2) is 6.56. The van der Waals surface area contributed by atoms with Gasteiger partial charge in [-0.2, -0.15) is 0 Å². The normalized spacial score (nSPS) is 12.5. The van der Waals surface area contributed by atoms with Crippen LogP contribution in [0.4, 0.5) is 5.82 Å². The van der Waals surface area contributed by atoms with Crippen molar-refractivity contribution in [2.45, 2.75) is 19.4 Å². The van der Waals surface area contributed by atoms with Crippen LogP contribution >= 0.6 is 11.6 Å². The van der Waals surface area contributed by atoms with Gasteiger partial charge in [0.2, 0.25) is 0 Å². The summed E-state index contributed by atoms with van der Waals surface area (Å²) in [6.45, 7) is 2.87. The van der Waals surface area contributed by atoms with Gasteiger partial charge in [0.05, 0.1) is 10.6 Å². The number of anilines is 1. The fourth-order valence-corrected chi connectivity index (χ4v) is 1.64. The first-order valence-electron chi connectivity index (χ1n) is 5.76. The summed E-state index contributed by atoms with van der Waals surface area (Å²) in [6.07, 6.45) is 2.26. The number of nitrogens with two attached hydrogens (primary N) is 1. The number of nitrogens with zero attached hydrogens (tertiary/aromatic N) is 2. The Bertz CT molecular complexity index is 423. The van der Waals surface area contributed by atoms with Crippen molar-refractivity contribution in [3.05, 3.63) is 22.8 Å². The number of amides is 1. The van der Waals surface area contributed by atoms with E-state index in [1.807, 2.05) is 21.0 Å². The van der Waals surface area contributed by atoms with E-state index in [-0.39, 0.29) is 17.8 Å².